The molecule has 1 unspecified atom stereocenters. The van der Waals surface area contributed by atoms with Crippen molar-refractivity contribution in [2.75, 3.05) is 25.5 Å². The lowest BCUT2D eigenvalue weighted by atomic mass is 10.1. The number of hydrogen-bond acceptors (Lipinski definition) is 3. The van der Waals surface area contributed by atoms with E-state index < -0.39 is 0 Å². The third-order valence-electron chi connectivity index (χ3n) is 2.74. The number of rotatable bonds is 3. The van der Waals surface area contributed by atoms with Crippen LogP contribution in [0.5, 0.6) is 5.75 Å². The highest BCUT2D eigenvalue weighted by atomic mass is 16.5. The molecule has 0 amide bonds. The number of nitrogens with one attached hydrogen (secondary N) is 2. The molecule has 2 N–H and O–H groups in total. The van der Waals surface area contributed by atoms with Crippen LogP contribution in [0, 0.1) is 6.92 Å². The number of aryl methyl sites for hydroxylation is 1. The molecule has 0 spiro atoms. The maximum Gasteiger partial charge on any atom is 0.145 e. The molecule has 1 aromatic rings. The molecule has 0 saturated carbocycles. The highest BCUT2D eigenvalue weighted by molar-refractivity contribution is 5.61. The van der Waals surface area contributed by atoms with Gasteiger partial charge in [-0.1, -0.05) is 12.1 Å². The molecule has 2 rings (SSSR count). The summed E-state index contributed by atoms with van der Waals surface area (Å²) >= 11 is 0. The Morgan fingerprint density at radius 3 is 3.20 bits per heavy atom. The first-order valence-corrected chi connectivity index (χ1v) is 5.45. The number of benzene rings is 1. The van der Waals surface area contributed by atoms with Crippen LogP contribution >= 0.6 is 0 Å². The third kappa shape index (κ3) is 2.23. The van der Waals surface area contributed by atoms with Crippen LogP contribution in [0.25, 0.3) is 0 Å². The average molecular weight is 206 g/mol. The Morgan fingerprint density at radius 1 is 1.53 bits per heavy atom. The molecule has 1 aromatic carbocycles. The van der Waals surface area contributed by atoms with Gasteiger partial charge in [-0.2, -0.15) is 0 Å². The summed E-state index contributed by atoms with van der Waals surface area (Å²) in [6.45, 7) is 3.86. The first kappa shape index (κ1) is 10.3. The lowest BCUT2D eigenvalue weighted by molar-refractivity contribution is 0.276. The minimum atomic E-state index is 0.423. The van der Waals surface area contributed by atoms with Gasteiger partial charge in [-0.3, -0.25) is 0 Å². The SMILES string of the molecule is CNCCC1COc2c(C)cccc2N1. The molecule has 0 aromatic heterocycles. The summed E-state index contributed by atoms with van der Waals surface area (Å²) in [6, 6.07) is 6.64. The van der Waals surface area contributed by atoms with Gasteiger partial charge >= 0.3 is 0 Å². The summed E-state index contributed by atoms with van der Waals surface area (Å²) in [6.07, 6.45) is 1.09. The zero-order valence-corrected chi connectivity index (χ0v) is 9.34. The Hall–Kier alpha value is -1.22. The van der Waals surface area contributed by atoms with Crippen molar-refractivity contribution < 1.29 is 4.74 Å². The predicted molar refractivity (Wildman–Crippen MR) is 62.6 cm³/mol. The van der Waals surface area contributed by atoms with Crippen molar-refractivity contribution in [2.24, 2.45) is 0 Å². The summed E-state index contributed by atoms with van der Waals surface area (Å²) in [5.74, 6) is 1.01. The molecular weight excluding hydrogens is 188 g/mol. The van der Waals surface area contributed by atoms with E-state index in [2.05, 4.69) is 35.8 Å². The van der Waals surface area contributed by atoms with Crippen molar-refractivity contribution in [3.63, 3.8) is 0 Å². The number of hydrogen-bond donors (Lipinski definition) is 2. The molecule has 1 heterocycles. The molecule has 0 bridgehead atoms. The van der Waals surface area contributed by atoms with Crippen molar-refractivity contribution in [3.05, 3.63) is 23.8 Å². The fraction of sp³-hybridized carbons (Fsp3) is 0.500. The number of anilines is 1. The Bertz CT molecular complexity index is 338. The van der Waals surface area contributed by atoms with Crippen molar-refractivity contribution in [1.82, 2.24) is 5.32 Å². The third-order valence-corrected chi connectivity index (χ3v) is 2.74. The molecule has 1 aliphatic rings. The van der Waals surface area contributed by atoms with E-state index in [0.29, 0.717) is 6.04 Å². The molecule has 0 aliphatic carbocycles. The normalized spacial score (nSPS) is 18.9. The van der Waals surface area contributed by atoms with Crippen LogP contribution < -0.4 is 15.4 Å². The van der Waals surface area contributed by atoms with Crippen molar-refractivity contribution in [3.8, 4) is 5.75 Å². The van der Waals surface area contributed by atoms with Crippen molar-refractivity contribution >= 4 is 5.69 Å². The summed E-state index contributed by atoms with van der Waals surface area (Å²) in [4.78, 5) is 0. The zero-order valence-electron chi connectivity index (χ0n) is 9.34. The van der Waals surface area contributed by atoms with Crippen LogP contribution in [0.3, 0.4) is 0 Å². The number of para-hydroxylation sites is 1. The van der Waals surface area contributed by atoms with Crippen LogP contribution in [0.1, 0.15) is 12.0 Å². The molecule has 0 fully saturated rings. The Labute approximate surface area is 90.8 Å². The Balaban J connectivity index is 2.07. The van der Waals surface area contributed by atoms with Crippen molar-refractivity contribution in [2.45, 2.75) is 19.4 Å². The van der Waals surface area contributed by atoms with Gasteiger partial charge in [-0.25, -0.2) is 0 Å². The Morgan fingerprint density at radius 2 is 2.40 bits per heavy atom. The summed E-state index contributed by atoms with van der Waals surface area (Å²) in [7, 11) is 1.97. The van der Waals surface area contributed by atoms with Gasteiger partial charge in [0.15, 0.2) is 0 Å². The minimum absolute atomic E-state index is 0.423. The van der Waals surface area contributed by atoms with E-state index >= 15 is 0 Å². The summed E-state index contributed by atoms with van der Waals surface area (Å²) in [5, 5.41) is 6.66. The van der Waals surface area contributed by atoms with E-state index in [0.717, 1.165) is 31.0 Å². The van der Waals surface area contributed by atoms with Crippen molar-refractivity contribution in [1.29, 1.82) is 0 Å². The highest BCUT2D eigenvalue weighted by Crippen LogP contribution is 2.32. The van der Waals surface area contributed by atoms with E-state index in [1.54, 1.807) is 0 Å². The summed E-state index contributed by atoms with van der Waals surface area (Å²) < 4.78 is 5.77. The molecule has 0 radical (unpaired) electrons. The van der Waals surface area contributed by atoms with Gasteiger partial charge in [-0.05, 0) is 38.6 Å². The standard InChI is InChI=1S/C12H18N2O/c1-9-4-3-5-11-12(9)15-8-10(14-11)6-7-13-2/h3-5,10,13-14H,6-8H2,1-2H3. The summed E-state index contributed by atoms with van der Waals surface area (Å²) in [5.41, 5.74) is 2.33. The molecule has 1 atom stereocenters. The molecular formula is C12H18N2O. The Kier molecular flexibility index (Phi) is 3.11. The van der Waals surface area contributed by atoms with E-state index in [4.69, 9.17) is 4.74 Å². The van der Waals surface area contributed by atoms with Crippen LogP contribution in [-0.2, 0) is 0 Å². The predicted octanol–water partition coefficient (Wildman–Crippen LogP) is 1.78. The quantitative estimate of drug-likeness (QED) is 0.791. The second kappa shape index (κ2) is 4.53. The van der Waals surface area contributed by atoms with Gasteiger partial charge in [0.1, 0.15) is 12.4 Å². The fourth-order valence-corrected chi connectivity index (χ4v) is 1.88. The maximum absolute atomic E-state index is 5.77. The van der Waals surface area contributed by atoms with Crippen LogP contribution in [-0.4, -0.2) is 26.2 Å². The number of fused-ring (bicyclic) bond motifs is 1. The zero-order chi connectivity index (χ0) is 10.7. The highest BCUT2D eigenvalue weighted by Gasteiger charge is 2.19. The van der Waals surface area contributed by atoms with E-state index in [1.807, 2.05) is 7.05 Å². The molecule has 15 heavy (non-hydrogen) atoms. The lowest BCUT2D eigenvalue weighted by Gasteiger charge is -2.28. The largest absolute Gasteiger partial charge is 0.489 e. The first-order valence-electron chi connectivity index (χ1n) is 5.45. The molecule has 1 aliphatic heterocycles. The van der Waals surface area contributed by atoms with Crippen LogP contribution in [0.2, 0.25) is 0 Å². The van der Waals surface area contributed by atoms with Gasteiger partial charge in [0, 0.05) is 0 Å². The van der Waals surface area contributed by atoms with E-state index in [-0.39, 0.29) is 0 Å². The van der Waals surface area contributed by atoms with E-state index in [1.165, 1.54) is 5.56 Å². The van der Waals surface area contributed by atoms with Gasteiger partial charge in [0.25, 0.3) is 0 Å². The smallest absolute Gasteiger partial charge is 0.145 e. The fourth-order valence-electron chi connectivity index (χ4n) is 1.88. The molecule has 3 nitrogen and oxygen atoms in total. The van der Waals surface area contributed by atoms with E-state index in [9.17, 15) is 0 Å². The lowest BCUT2D eigenvalue weighted by Crippen LogP contribution is -2.34. The molecule has 82 valence electrons. The topological polar surface area (TPSA) is 33.3 Å². The van der Waals surface area contributed by atoms with Gasteiger partial charge in [0.2, 0.25) is 0 Å². The maximum atomic E-state index is 5.77. The van der Waals surface area contributed by atoms with Gasteiger partial charge in [-0.15, -0.1) is 0 Å². The average Bonchev–Trinajstić information content (AvgIpc) is 2.26. The monoisotopic (exact) mass is 206 g/mol. The molecule has 3 heteroatoms. The number of ether oxygens (including phenoxy) is 1. The van der Waals surface area contributed by atoms with Crippen LogP contribution in [0.4, 0.5) is 5.69 Å². The first-order chi connectivity index (χ1) is 7.31. The second-order valence-corrected chi connectivity index (χ2v) is 4.00. The van der Waals surface area contributed by atoms with Gasteiger partial charge < -0.3 is 15.4 Å². The molecule has 0 saturated heterocycles. The minimum Gasteiger partial charge on any atom is -0.489 e. The second-order valence-electron chi connectivity index (χ2n) is 4.00. The van der Waals surface area contributed by atoms with Crippen LogP contribution in [0.15, 0.2) is 18.2 Å². The van der Waals surface area contributed by atoms with Gasteiger partial charge in [0.05, 0.1) is 11.7 Å².